The van der Waals surface area contributed by atoms with Crippen LogP contribution in [0, 0.1) is 11.7 Å². The van der Waals surface area contributed by atoms with Gasteiger partial charge in [0.25, 0.3) is 5.56 Å². The maximum absolute atomic E-state index is 12.2. The van der Waals surface area contributed by atoms with Crippen molar-refractivity contribution in [2.24, 2.45) is 4.99 Å². The van der Waals surface area contributed by atoms with E-state index in [0.717, 1.165) is 18.0 Å². The number of aromatic nitrogens is 2. The SMILES string of the molecule is Cc1ccc(-n2c(O)c(C=N[C@@H](CCS(C)(=O)=O)C(=O)[O-])c(=O)[nH]c2=S)cc1. The summed E-state index contributed by atoms with van der Waals surface area (Å²) in [6.07, 6.45) is 1.51. The Balaban J connectivity index is 2.47. The molecule has 1 aromatic heterocycles. The van der Waals surface area contributed by atoms with E-state index in [2.05, 4.69) is 9.98 Å². The number of nitrogens with one attached hydrogen (secondary N) is 1. The average molecular weight is 424 g/mol. The molecule has 0 saturated carbocycles. The van der Waals surface area contributed by atoms with Crippen LogP contribution in [0.2, 0.25) is 0 Å². The first kappa shape index (κ1) is 21.5. The fraction of sp³-hybridized carbons (Fsp3) is 0.294. The molecule has 28 heavy (non-hydrogen) atoms. The fourth-order valence-corrected chi connectivity index (χ4v) is 3.27. The molecule has 0 unspecified atom stereocenters. The molecule has 0 spiro atoms. The molecular weight excluding hydrogens is 406 g/mol. The van der Waals surface area contributed by atoms with E-state index in [1.807, 2.05) is 6.92 Å². The topological polar surface area (TPSA) is 145 Å². The Kier molecular flexibility index (Phi) is 6.52. The number of carboxylic acids is 1. The molecule has 2 aromatic rings. The molecule has 0 aliphatic carbocycles. The van der Waals surface area contributed by atoms with Crippen LogP contribution in [-0.2, 0) is 14.6 Å². The Morgan fingerprint density at radius 2 is 2.00 bits per heavy atom. The van der Waals surface area contributed by atoms with Crippen LogP contribution in [0.25, 0.3) is 5.69 Å². The lowest BCUT2D eigenvalue weighted by Crippen LogP contribution is -2.36. The molecule has 1 aromatic carbocycles. The van der Waals surface area contributed by atoms with Crippen LogP contribution < -0.4 is 10.7 Å². The number of carbonyl (C=O) groups excluding carboxylic acids is 1. The molecule has 0 bridgehead atoms. The van der Waals surface area contributed by atoms with Crippen molar-refractivity contribution in [1.29, 1.82) is 0 Å². The second-order valence-electron chi connectivity index (χ2n) is 6.20. The van der Waals surface area contributed by atoms with Crippen LogP contribution in [0.3, 0.4) is 0 Å². The first-order valence-electron chi connectivity index (χ1n) is 8.06. The molecular formula is C17H18N3O6S2-. The number of aromatic hydroxyl groups is 1. The molecule has 150 valence electrons. The Bertz CT molecular complexity index is 1130. The maximum atomic E-state index is 12.2. The van der Waals surface area contributed by atoms with E-state index >= 15 is 0 Å². The number of rotatable bonds is 7. The zero-order chi connectivity index (χ0) is 21.1. The van der Waals surface area contributed by atoms with Crippen molar-refractivity contribution in [3.8, 4) is 11.6 Å². The average Bonchev–Trinajstić information content (AvgIpc) is 2.57. The highest BCUT2D eigenvalue weighted by Gasteiger charge is 2.15. The third-order valence-electron chi connectivity index (χ3n) is 3.83. The van der Waals surface area contributed by atoms with Gasteiger partial charge in [0.2, 0.25) is 5.88 Å². The van der Waals surface area contributed by atoms with E-state index in [4.69, 9.17) is 12.2 Å². The van der Waals surface area contributed by atoms with Gasteiger partial charge in [0, 0.05) is 12.5 Å². The quantitative estimate of drug-likeness (QED) is 0.466. The van der Waals surface area contributed by atoms with Gasteiger partial charge in [0.05, 0.1) is 23.5 Å². The lowest BCUT2D eigenvalue weighted by atomic mass is 10.2. The van der Waals surface area contributed by atoms with E-state index in [9.17, 15) is 28.2 Å². The van der Waals surface area contributed by atoms with Crippen molar-refractivity contribution < 1.29 is 23.4 Å². The number of benzene rings is 1. The summed E-state index contributed by atoms with van der Waals surface area (Å²) >= 11 is 5.09. The van der Waals surface area contributed by atoms with Crippen molar-refractivity contribution in [2.45, 2.75) is 19.4 Å². The molecule has 0 aliphatic rings. The number of aliphatic imine (C=N–C) groups is 1. The minimum absolute atomic E-state index is 0.0583. The molecule has 0 fully saturated rings. The highest BCUT2D eigenvalue weighted by molar-refractivity contribution is 7.90. The van der Waals surface area contributed by atoms with Crippen LogP contribution in [0.1, 0.15) is 17.5 Å². The molecule has 9 nitrogen and oxygen atoms in total. The Morgan fingerprint density at radius 3 is 2.54 bits per heavy atom. The summed E-state index contributed by atoms with van der Waals surface area (Å²) in [6.45, 7) is 1.88. The zero-order valence-corrected chi connectivity index (χ0v) is 16.7. The standard InChI is InChI=1S/C17H19N3O6S2/c1-10-3-5-11(6-4-10)20-15(22)12(14(21)19-17(20)27)9-18-13(16(23)24)7-8-28(2,25)26/h3-6,9,13,22H,7-8H2,1-2H3,(H,23,24)(H,19,21,27)/p-1/t13-/m0/s1. The smallest absolute Gasteiger partial charge is 0.264 e. The number of aromatic amines is 1. The number of H-pyrrole nitrogens is 1. The third kappa shape index (κ3) is 5.36. The van der Waals surface area contributed by atoms with Gasteiger partial charge < -0.3 is 15.0 Å². The number of aliphatic carboxylic acids is 1. The Labute approximate surface area is 165 Å². The number of nitrogens with zero attached hydrogens (tertiary/aromatic N) is 2. The summed E-state index contributed by atoms with van der Waals surface area (Å²) in [7, 11) is -3.40. The first-order valence-corrected chi connectivity index (χ1v) is 10.5. The summed E-state index contributed by atoms with van der Waals surface area (Å²) < 4.78 is 23.6. The van der Waals surface area contributed by atoms with Gasteiger partial charge in [-0.25, -0.2) is 8.42 Å². The largest absolute Gasteiger partial charge is 0.548 e. The summed E-state index contributed by atoms with van der Waals surface area (Å²) in [5, 5.41) is 21.7. The van der Waals surface area contributed by atoms with Crippen LogP contribution >= 0.6 is 12.2 Å². The summed E-state index contributed by atoms with van der Waals surface area (Å²) in [6, 6.07) is 5.43. The van der Waals surface area contributed by atoms with Crippen molar-refractivity contribution >= 4 is 34.2 Å². The van der Waals surface area contributed by atoms with Crippen LogP contribution in [0.5, 0.6) is 5.88 Å². The Hall–Kier alpha value is -2.79. The van der Waals surface area contributed by atoms with Gasteiger partial charge in [-0.3, -0.25) is 19.3 Å². The molecule has 0 saturated heterocycles. The van der Waals surface area contributed by atoms with E-state index in [1.54, 1.807) is 24.3 Å². The predicted molar refractivity (Wildman–Crippen MR) is 104 cm³/mol. The van der Waals surface area contributed by atoms with E-state index < -0.39 is 39.0 Å². The summed E-state index contributed by atoms with van der Waals surface area (Å²) in [5.74, 6) is -2.54. The molecule has 1 heterocycles. The van der Waals surface area contributed by atoms with Crippen molar-refractivity contribution in [3.05, 3.63) is 50.5 Å². The molecule has 2 rings (SSSR count). The molecule has 1 atom stereocenters. The Morgan fingerprint density at radius 1 is 1.39 bits per heavy atom. The van der Waals surface area contributed by atoms with Gasteiger partial charge in [0.1, 0.15) is 15.4 Å². The highest BCUT2D eigenvalue weighted by Crippen LogP contribution is 2.19. The minimum Gasteiger partial charge on any atom is -0.548 e. The number of carbonyl (C=O) groups is 1. The maximum Gasteiger partial charge on any atom is 0.264 e. The number of aryl methyl sites for hydroxylation is 1. The minimum atomic E-state index is -3.40. The molecule has 2 N–H and O–H groups in total. The highest BCUT2D eigenvalue weighted by atomic mass is 32.2. The van der Waals surface area contributed by atoms with Gasteiger partial charge in [-0.2, -0.15) is 0 Å². The van der Waals surface area contributed by atoms with Crippen molar-refractivity contribution in [2.75, 3.05) is 12.0 Å². The summed E-state index contributed by atoms with van der Waals surface area (Å²) in [5.41, 5.74) is 0.366. The van der Waals surface area contributed by atoms with Gasteiger partial charge >= 0.3 is 0 Å². The van der Waals surface area contributed by atoms with Gasteiger partial charge in [-0.1, -0.05) is 17.7 Å². The van der Waals surface area contributed by atoms with Crippen LogP contribution in [0.4, 0.5) is 0 Å². The second-order valence-corrected chi connectivity index (χ2v) is 8.85. The zero-order valence-electron chi connectivity index (χ0n) is 15.1. The number of carboxylic acid groups (broad SMARTS) is 1. The van der Waals surface area contributed by atoms with Gasteiger partial charge in [-0.15, -0.1) is 0 Å². The third-order valence-corrected chi connectivity index (χ3v) is 5.09. The monoisotopic (exact) mass is 424 g/mol. The van der Waals surface area contributed by atoms with E-state index in [0.29, 0.717) is 5.69 Å². The fourth-order valence-electron chi connectivity index (χ4n) is 2.33. The predicted octanol–water partition coefficient (Wildman–Crippen LogP) is -0.119. The number of hydrogen-bond donors (Lipinski definition) is 2. The summed E-state index contributed by atoms with van der Waals surface area (Å²) in [4.78, 5) is 29.4. The van der Waals surface area contributed by atoms with Gasteiger partial charge in [0.15, 0.2) is 4.77 Å². The van der Waals surface area contributed by atoms with Crippen LogP contribution in [0.15, 0.2) is 34.1 Å². The van der Waals surface area contributed by atoms with Crippen molar-refractivity contribution in [1.82, 2.24) is 9.55 Å². The van der Waals surface area contributed by atoms with Crippen molar-refractivity contribution in [3.63, 3.8) is 0 Å². The normalized spacial score (nSPS) is 12.9. The lowest BCUT2D eigenvalue weighted by molar-refractivity contribution is -0.307. The second kappa shape index (κ2) is 8.48. The van der Waals surface area contributed by atoms with E-state index in [-0.39, 0.29) is 16.8 Å². The molecule has 0 aliphatic heterocycles. The first-order chi connectivity index (χ1) is 13.0. The van der Waals surface area contributed by atoms with Gasteiger partial charge in [-0.05, 0) is 37.7 Å². The molecule has 0 amide bonds. The lowest BCUT2D eigenvalue weighted by Gasteiger charge is -2.14. The van der Waals surface area contributed by atoms with E-state index in [1.165, 1.54) is 4.57 Å². The number of hydrogen-bond acceptors (Lipinski definition) is 8. The molecule has 11 heteroatoms. The molecule has 0 radical (unpaired) electrons. The number of sulfone groups is 1. The van der Waals surface area contributed by atoms with Crippen LogP contribution in [-0.4, -0.2) is 53.3 Å².